The van der Waals surface area contributed by atoms with E-state index in [1.807, 2.05) is 37.3 Å². The zero-order chi connectivity index (χ0) is 15.1. The summed E-state index contributed by atoms with van der Waals surface area (Å²) in [7, 11) is 0. The van der Waals surface area contributed by atoms with Crippen LogP contribution in [0.4, 0.5) is 0 Å². The predicted octanol–water partition coefficient (Wildman–Crippen LogP) is 2.69. The molecule has 0 aromatic heterocycles. The van der Waals surface area contributed by atoms with Crippen LogP contribution in [0.25, 0.3) is 0 Å². The Balaban J connectivity index is 1.79. The monoisotopic (exact) mass is 283 g/mol. The Morgan fingerprint density at radius 2 is 1.67 bits per heavy atom. The molecule has 0 heterocycles. The maximum absolute atomic E-state index is 9.85. The highest BCUT2D eigenvalue weighted by Gasteiger charge is 2.07. The van der Waals surface area contributed by atoms with Crippen molar-refractivity contribution in [3.63, 3.8) is 0 Å². The highest BCUT2D eigenvalue weighted by molar-refractivity contribution is 5.36. The lowest BCUT2D eigenvalue weighted by atomic mass is 10.2. The molecule has 2 aromatic carbocycles. The minimum absolute atomic E-state index is 0.112. The van der Waals surface area contributed by atoms with E-state index in [1.165, 1.54) is 0 Å². The summed E-state index contributed by atoms with van der Waals surface area (Å²) >= 11 is 0. The van der Waals surface area contributed by atoms with Gasteiger partial charge in [0.2, 0.25) is 0 Å². The van der Waals surface area contributed by atoms with E-state index < -0.39 is 6.10 Å². The van der Waals surface area contributed by atoms with E-state index in [4.69, 9.17) is 14.7 Å². The van der Waals surface area contributed by atoms with Crippen molar-refractivity contribution in [2.45, 2.75) is 13.0 Å². The van der Waals surface area contributed by atoms with E-state index in [1.54, 1.807) is 24.3 Å². The van der Waals surface area contributed by atoms with Crippen LogP contribution in [0.3, 0.4) is 0 Å². The highest BCUT2D eigenvalue weighted by atomic mass is 16.5. The van der Waals surface area contributed by atoms with Crippen molar-refractivity contribution in [2.75, 3.05) is 13.2 Å². The molecule has 0 aliphatic carbocycles. The molecule has 4 heteroatoms. The van der Waals surface area contributed by atoms with E-state index in [2.05, 4.69) is 0 Å². The van der Waals surface area contributed by atoms with Crippen LogP contribution in [-0.2, 0) is 0 Å². The largest absolute Gasteiger partial charge is 0.491 e. The maximum atomic E-state index is 9.85. The molecule has 2 rings (SSSR count). The zero-order valence-electron chi connectivity index (χ0n) is 11.8. The van der Waals surface area contributed by atoms with Crippen LogP contribution in [0.2, 0.25) is 0 Å². The van der Waals surface area contributed by atoms with Crippen LogP contribution in [0, 0.1) is 18.3 Å². The van der Waals surface area contributed by atoms with Gasteiger partial charge in [-0.1, -0.05) is 18.2 Å². The molecular formula is C17H17NO3. The minimum atomic E-state index is -0.740. The Morgan fingerprint density at radius 1 is 1.05 bits per heavy atom. The van der Waals surface area contributed by atoms with Gasteiger partial charge in [0, 0.05) is 0 Å². The lowest BCUT2D eigenvalue weighted by Crippen LogP contribution is -2.25. The molecule has 0 radical (unpaired) electrons. The number of benzene rings is 2. The number of hydrogen-bond donors (Lipinski definition) is 1. The van der Waals surface area contributed by atoms with E-state index in [0.717, 1.165) is 11.3 Å². The van der Waals surface area contributed by atoms with Crippen molar-refractivity contribution in [1.29, 1.82) is 5.26 Å². The quantitative estimate of drug-likeness (QED) is 0.885. The van der Waals surface area contributed by atoms with Crippen LogP contribution in [0.5, 0.6) is 11.5 Å². The van der Waals surface area contributed by atoms with Crippen LogP contribution >= 0.6 is 0 Å². The highest BCUT2D eigenvalue weighted by Crippen LogP contribution is 2.14. The third-order valence-electron chi connectivity index (χ3n) is 2.84. The molecule has 2 aromatic rings. The van der Waals surface area contributed by atoms with Gasteiger partial charge in [0.1, 0.15) is 30.8 Å². The first-order chi connectivity index (χ1) is 10.2. The van der Waals surface area contributed by atoms with Crippen molar-refractivity contribution in [3.05, 3.63) is 59.7 Å². The molecule has 0 bridgehead atoms. The standard InChI is InChI=1S/C17H17NO3/c1-13-4-2-6-16(8-13)20-11-15(19)12-21-17-7-3-5-14(9-17)10-18/h2-9,15,19H,11-12H2,1H3. The molecule has 0 saturated carbocycles. The van der Waals surface area contributed by atoms with Gasteiger partial charge in [-0.15, -0.1) is 0 Å². The third-order valence-corrected chi connectivity index (χ3v) is 2.84. The maximum Gasteiger partial charge on any atom is 0.122 e. The number of ether oxygens (including phenoxy) is 2. The molecule has 1 N–H and O–H groups in total. The fourth-order valence-corrected chi connectivity index (χ4v) is 1.79. The molecule has 0 amide bonds. The van der Waals surface area contributed by atoms with Gasteiger partial charge >= 0.3 is 0 Å². The van der Waals surface area contributed by atoms with Gasteiger partial charge in [-0.2, -0.15) is 5.26 Å². The van der Waals surface area contributed by atoms with Gasteiger partial charge in [0.15, 0.2) is 0 Å². The smallest absolute Gasteiger partial charge is 0.122 e. The molecule has 0 aliphatic heterocycles. The Kier molecular flexibility index (Phi) is 5.19. The number of hydrogen-bond acceptors (Lipinski definition) is 4. The first-order valence-electron chi connectivity index (χ1n) is 6.68. The normalized spacial score (nSPS) is 11.5. The molecule has 0 fully saturated rings. The summed E-state index contributed by atoms with van der Waals surface area (Å²) in [5.41, 5.74) is 1.63. The molecule has 0 aliphatic rings. The fraction of sp³-hybridized carbons (Fsp3) is 0.235. The summed E-state index contributed by atoms with van der Waals surface area (Å²) in [6.07, 6.45) is -0.740. The summed E-state index contributed by atoms with van der Waals surface area (Å²) < 4.78 is 10.9. The summed E-state index contributed by atoms with van der Waals surface area (Å²) in [6.45, 7) is 2.25. The number of rotatable bonds is 6. The van der Waals surface area contributed by atoms with E-state index >= 15 is 0 Å². The van der Waals surface area contributed by atoms with Crippen molar-refractivity contribution in [2.24, 2.45) is 0 Å². The lowest BCUT2D eigenvalue weighted by Gasteiger charge is -2.14. The SMILES string of the molecule is Cc1cccc(OCC(O)COc2cccc(C#N)c2)c1. The Bertz CT molecular complexity index is 634. The molecule has 0 spiro atoms. The summed E-state index contributed by atoms with van der Waals surface area (Å²) in [5.74, 6) is 1.28. The van der Waals surface area contributed by atoms with Crippen molar-refractivity contribution in [1.82, 2.24) is 0 Å². The van der Waals surface area contributed by atoms with Gasteiger partial charge in [-0.3, -0.25) is 0 Å². The van der Waals surface area contributed by atoms with Gasteiger partial charge in [-0.05, 0) is 42.8 Å². The van der Waals surface area contributed by atoms with Crippen LogP contribution in [-0.4, -0.2) is 24.4 Å². The minimum Gasteiger partial charge on any atom is -0.491 e. The van der Waals surface area contributed by atoms with Gasteiger partial charge in [0.25, 0.3) is 0 Å². The van der Waals surface area contributed by atoms with E-state index in [0.29, 0.717) is 11.3 Å². The van der Waals surface area contributed by atoms with Crippen LogP contribution in [0.15, 0.2) is 48.5 Å². The number of aryl methyl sites for hydroxylation is 1. The second kappa shape index (κ2) is 7.32. The predicted molar refractivity (Wildman–Crippen MR) is 79.3 cm³/mol. The van der Waals surface area contributed by atoms with Gasteiger partial charge in [0.05, 0.1) is 11.6 Å². The van der Waals surface area contributed by atoms with E-state index in [9.17, 15) is 5.11 Å². The Morgan fingerprint density at radius 3 is 2.29 bits per heavy atom. The number of nitriles is 1. The molecule has 1 atom stereocenters. The Hall–Kier alpha value is -2.51. The summed E-state index contributed by atoms with van der Waals surface area (Å²) in [5, 5.41) is 18.6. The zero-order valence-corrected chi connectivity index (χ0v) is 11.8. The number of aliphatic hydroxyl groups excluding tert-OH is 1. The molecular weight excluding hydrogens is 266 g/mol. The first kappa shape index (κ1) is 14.9. The van der Waals surface area contributed by atoms with Crippen molar-refractivity contribution < 1.29 is 14.6 Å². The fourth-order valence-electron chi connectivity index (χ4n) is 1.79. The Labute approximate surface area is 124 Å². The molecule has 108 valence electrons. The topological polar surface area (TPSA) is 62.5 Å². The van der Waals surface area contributed by atoms with E-state index in [-0.39, 0.29) is 13.2 Å². The summed E-state index contributed by atoms with van der Waals surface area (Å²) in [4.78, 5) is 0. The molecule has 4 nitrogen and oxygen atoms in total. The lowest BCUT2D eigenvalue weighted by molar-refractivity contribution is 0.0626. The average Bonchev–Trinajstić information content (AvgIpc) is 2.51. The van der Waals surface area contributed by atoms with Crippen LogP contribution < -0.4 is 9.47 Å². The summed E-state index contributed by atoms with van der Waals surface area (Å²) in [6, 6.07) is 16.5. The third kappa shape index (κ3) is 4.83. The van der Waals surface area contributed by atoms with Gasteiger partial charge in [-0.25, -0.2) is 0 Å². The van der Waals surface area contributed by atoms with Crippen molar-refractivity contribution >= 4 is 0 Å². The van der Waals surface area contributed by atoms with Gasteiger partial charge < -0.3 is 14.6 Å². The molecule has 1 unspecified atom stereocenters. The van der Waals surface area contributed by atoms with Crippen LogP contribution in [0.1, 0.15) is 11.1 Å². The second-order valence-corrected chi connectivity index (χ2v) is 4.73. The molecule has 21 heavy (non-hydrogen) atoms. The number of aliphatic hydroxyl groups is 1. The first-order valence-corrected chi connectivity index (χ1v) is 6.68. The molecule has 0 saturated heterocycles. The van der Waals surface area contributed by atoms with Crippen molar-refractivity contribution in [3.8, 4) is 17.6 Å². The average molecular weight is 283 g/mol. The number of nitrogens with zero attached hydrogens (tertiary/aromatic N) is 1. The second-order valence-electron chi connectivity index (χ2n) is 4.73.